The number of aliphatic hydroxyl groups is 2. The molecule has 0 saturated heterocycles. The molecule has 0 radical (unpaired) electrons. The number of rotatable bonds is 6. The summed E-state index contributed by atoms with van der Waals surface area (Å²) in [5.74, 6) is 0.263. The molecule has 0 bridgehead atoms. The molecule has 3 N–H and O–H groups in total. The van der Waals surface area contributed by atoms with Crippen LogP contribution in [0.1, 0.15) is 16.2 Å². The first kappa shape index (κ1) is 18.8. The number of carbonyl (C=O) groups excluding carboxylic acids is 1. The standard InChI is InChI=1S/C20H20N6O3/c1-13-3-2-4-19(23-13)26-16(7-8-22-26)14-5-6-18-21-9-17(25(18)10-14)20(29)24-15(11-27)12-28/h2-10,15,27-28H,11-12H2,1H3,(H,24,29). The largest absolute Gasteiger partial charge is 0.394 e. The van der Waals surface area contributed by atoms with Crippen LogP contribution in [0.4, 0.5) is 0 Å². The third-order valence-corrected chi connectivity index (χ3v) is 4.54. The van der Waals surface area contributed by atoms with Gasteiger partial charge in [0.15, 0.2) is 5.82 Å². The molecule has 0 atom stereocenters. The topological polar surface area (TPSA) is 118 Å². The molecule has 148 valence electrons. The van der Waals surface area contributed by atoms with E-state index in [-0.39, 0.29) is 13.2 Å². The van der Waals surface area contributed by atoms with Gasteiger partial charge in [-0.1, -0.05) is 6.07 Å². The predicted molar refractivity (Wildman–Crippen MR) is 106 cm³/mol. The van der Waals surface area contributed by atoms with Gasteiger partial charge in [-0.2, -0.15) is 5.10 Å². The van der Waals surface area contributed by atoms with Crippen LogP contribution in [-0.4, -0.2) is 59.5 Å². The van der Waals surface area contributed by atoms with E-state index in [4.69, 9.17) is 0 Å². The van der Waals surface area contributed by atoms with E-state index in [1.165, 1.54) is 6.20 Å². The molecule has 0 saturated carbocycles. The van der Waals surface area contributed by atoms with Crippen molar-refractivity contribution in [2.45, 2.75) is 13.0 Å². The van der Waals surface area contributed by atoms with Crippen LogP contribution in [-0.2, 0) is 0 Å². The van der Waals surface area contributed by atoms with E-state index in [2.05, 4.69) is 20.4 Å². The Balaban J connectivity index is 1.74. The number of nitrogens with zero attached hydrogens (tertiary/aromatic N) is 5. The van der Waals surface area contributed by atoms with E-state index < -0.39 is 11.9 Å². The van der Waals surface area contributed by atoms with Crippen molar-refractivity contribution in [2.75, 3.05) is 13.2 Å². The molecule has 4 aromatic rings. The van der Waals surface area contributed by atoms with E-state index in [9.17, 15) is 15.0 Å². The quantitative estimate of drug-likeness (QED) is 0.450. The first-order valence-electron chi connectivity index (χ1n) is 9.09. The minimum Gasteiger partial charge on any atom is -0.394 e. The van der Waals surface area contributed by atoms with Gasteiger partial charge in [-0.15, -0.1) is 0 Å². The molecule has 4 rings (SSSR count). The highest BCUT2D eigenvalue weighted by molar-refractivity contribution is 5.93. The number of fused-ring (bicyclic) bond motifs is 1. The van der Waals surface area contributed by atoms with Crippen LogP contribution in [0.2, 0.25) is 0 Å². The Labute approximate surface area is 166 Å². The maximum Gasteiger partial charge on any atom is 0.270 e. The minimum atomic E-state index is -0.731. The van der Waals surface area contributed by atoms with E-state index in [1.807, 2.05) is 43.3 Å². The average molecular weight is 392 g/mol. The third-order valence-electron chi connectivity index (χ3n) is 4.54. The van der Waals surface area contributed by atoms with Gasteiger partial charge in [0.1, 0.15) is 11.3 Å². The molecule has 0 aliphatic rings. The van der Waals surface area contributed by atoms with Crippen LogP contribution in [0, 0.1) is 6.92 Å². The molecule has 1 amide bonds. The SMILES string of the molecule is Cc1cccc(-n2nccc2-c2ccc3ncc(C(=O)NC(CO)CO)n3c2)n1. The van der Waals surface area contributed by atoms with Gasteiger partial charge in [0, 0.05) is 17.5 Å². The molecule has 0 spiro atoms. The number of aryl methyl sites for hydroxylation is 1. The summed E-state index contributed by atoms with van der Waals surface area (Å²) in [5.41, 5.74) is 3.42. The van der Waals surface area contributed by atoms with Crippen LogP contribution in [0.25, 0.3) is 22.7 Å². The summed E-state index contributed by atoms with van der Waals surface area (Å²) >= 11 is 0. The molecule has 0 aliphatic carbocycles. The Morgan fingerprint density at radius 1 is 1.17 bits per heavy atom. The lowest BCUT2D eigenvalue weighted by Gasteiger charge is -2.13. The summed E-state index contributed by atoms with van der Waals surface area (Å²) < 4.78 is 3.40. The Hall–Kier alpha value is -3.56. The number of hydrogen-bond donors (Lipinski definition) is 3. The second-order valence-corrected chi connectivity index (χ2v) is 6.59. The number of nitrogens with one attached hydrogen (secondary N) is 1. The van der Waals surface area contributed by atoms with Crippen LogP contribution < -0.4 is 5.32 Å². The number of imidazole rings is 1. The molecule has 0 aromatic carbocycles. The normalized spacial score (nSPS) is 11.3. The van der Waals surface area contributed by atoms with Crippen LogP contribution in [0.3, 0.4) is 0 Å². The van der Waals surface area contributed by atoms with E-state index in [1.54, 1.807) is 21.5 Å². The molecule has 0 fully saturated rings. The lowest BCUT2D eigenvalue weighted by atomic mass is 10.2. The van der Waals surface area contributed by atoms with Crippen molar-refractivity contribution in [1.82, 2.24) is 29.5 Å². The van der Waals surface area contributed by atoms with Gasteiger partial charge in [-0.05, 0) is 37.3 Å². The summed E-state index contributed by atoms with van der Waals surface area (Å²) in [6.45, 7) is 1.21. The first-order valence-corrected chi connectivity index (χ1v) is 9.09. The van der Waals surface area contributed by atoms with Gasteiger partial charge in [-0.3, -0.25) is 9.20 Å². The lowest BCUT2D eigenvalue weighted by molar-refractivity contribution is 0.0873. The highest BCUT2D eigenvalue weighted by Crippen LogP contribution is 2.23. The third kappa shape index (κ3) is 3.60. The van der Waals surface area contributed by atoms with Crippen LogP contribution in [0.15, 0.2) is 55.0 Å². The number of hydrogen-bond acceptors (Lipinski definition) is 6. The Morgan fingerprint density at radius 3 is 2.76 bits per heavy atom. The Bertz CT molecular complexity index is 1160. The van der Waals surface area contributed by atoms with Gasteiger partial charge < -0.3 is 15.5 Å². The fourth-order valence-corrected chi connectivity index (χ4v) is 3.06. The molecule has 4 aromatic heterocycles. The zero-order valence-electron chi connectivity index (χ0n) is 15.7. The highest BCUT2D eigenvalue weighted by Gasteiger charge is 2.17. The summed E-state index contributed by atoms with van der Waals surface area (Å²) in [4.78, 5) is 21.3. The van der Waals surface area contributed by atoms with Crippen molar-refractivity contribution in [3.8, 4) is 17.1 Å². The molecule has 0 aliphatic heterocycles. The molecule has 4 heterocycles. The summed E-state index contributed by atoms with van der Waals surface area (Å²) in [7, 11) is 0. The highest BCUT2D eigenvalue weighted by atomic mass is 16.3. The Kier molecular flexibility index (Phi) is 5.07. The number of amides is 1. The van der Waals surface area contributed by atoms with Crippen molar-refractivity contribution in [1.29, 1.82) is 0 Å². The van der Waals surface area contributed by atoms with Crippen molar-refractivity contribution >= 4 is 11.6 Å². The monoisotopic (exact) mass is 392 g/mol. The Morgan fingerprint density at radius 2 is 2.00 bits per heavy atom. The van der Waals surface area contributed by atoms with Crippen molar-refractivity contribution < 1.29 is 15.0 Å². The average Bonchev–Trinajstić information content (AvgIpc) is 3.38. The summed E-state index contributed by atoms with van der Waals surface area (Å²) in [6.07, 6.45) is 4.95. The predicted octanol–water partition coefficient (Wildman–Crippen LogP) is 0.973. The van der Waals surface area contributed by atoms with Crippen molar-refractivity contribution in [3.05, 3.63) is 66.4 Å². The molecule has 0 unspecified atom stereocenters. The zero-order valence-corrected chi connectivity index (χ0v) is 15.7. The molecule has 29 heavy (non-hydrogen) atoms. The fraction of sp³-hybridized carbons (Fsp3) is 0.200. The maximum atomic E-state index is 12.5. The second kappa shape index (κ2) is 7.82. The number of aromatic nitrogens is 5. The number of aliphatic hydroxyl groups excluding tert-OH is 2. The maximum absolute atomic E-state index is 12.5. The van der Waals surface area contributed by atoms with Gasteiger partial charge in [-0.25, -0.2) is 14.6 Å². The van der Waals surface area contributed by atoms with Gasteiger partial charge >= 0.3 is 0 Å². The van der Waals surface area contributed by atoms with Crippen LogP contribution >= 0.6 is 0 Å². The number of pyridine rings is 2. The zero-order chi connectivity index (χ0) is 20.4. The van der Waals surface area contributed by atoms with E-state index in [0.717, 1.165) is 17.0 Å². The van der Waals surface area contributed by atoms with Gasteiger partial charge in [0.2, 0.25) is 0 Å². The minimum absolute atomic E-state index is 0.300. The second-order valence-electron chi connectivity index (χ2n) is 6.59. The van der Waals surface area contributed by atoms with E-state index in [0.29, 0.717) is 17.2 Å². The van der Waals surface area contributed by atoms with Crippen molar-refractivity contribution in [3.63, 3.8) is 0 Å². The summed E-state index contributed by atoms with van der Waals surface area (Å²) in [5, 5.41) is 25.4. The van der Waals surface area contributed by atoms with Crippen molar-refractivity contribution in [2.24, 2.45) is 0 Å². The lowest BCUT2D eigenvalue weighted by Crippen LogP contribution is -2.40. The first-order chi connectivity index (χ1) is 14.1. The van der Waals surface area contributed by atoms with Gasteiger partial charge in [0.05, 0.1) is 37.3 Å². The van der Waals surface area contributed by atoms with E-state index >= 15 is 0 Å². The van der Waals surface area contributed by atoms with Crippen LogP contribution in [0.5, 0.6) is 0 Å². The molecular weight excluding hydrogens is 372 g/mol. The molecule has 9 heteroatoms. The van der Waals surface area contributed by atoms with Gasteiger partial charge in [0.25, 0.3) is 5.91 Å². The smallest absolute Gasteiger partial charge is 0.270 e. The number of carbonyl (C=O) groups is 1. The molecule has 9 nitrogen and oxygen atoms in total. The molecular formula is C20H20N6O3. The fourth-order valence-electron chi connectivity index (χ4n) is 3.06. The summed E-state index contributed by atoms with van der Waals surface area (Å²) in [6, 6.07) is 10.6.